The maximum atomic E-state index is 13.9. The smallest absolute Gasteiger partial charge is 0.408 e. The number of hydrogen-bond donors (Lipinski definition) is 3. The average Bonchev–Trinajstić information content (AvgIpc) is 2.94. The highest BCUT2D eigenvalue weighted by molar-refractivity contribution is 6.74. The fourth-order valence-electron chi connectivity index (χ4n) is 5.35. The molecule has 2 unspecified atom stereocenters. The zero-order valence-electron chi connectivity index (χ0n) is 29.1. The highest BCUT2D eigenvalue weighted by Crippen LogP contribution is 2.44. The van der Waals surface area contributed by atoms with Gasteiger partial charge in [-0.3, -0.25) is 4.79 Å². The molecule has 1 aromatic heterocycles. The summed E-state index contributed by atoms with van der Waals surface area (Å²) in [5, 5.41) is 24.7. The first-order chi connectivity index (χ1) is 22.2. The Morgan fingerprint density at radius 3 is 2.40 bits per heavy atom. The highest BCUT2D eigenvalue weighted by atomic mass is 35.5. The molecular weight excluding hydrogens is 656 g/mol. The zero-order valence-corrected chi connectivity index (χ0v) is 30.9. The minimum atomic E-state index is -2.34. The molecule has 11 nitrogen and oxygen atoms in total. The van der Waals surface area contributed by atoms with Crippen LogP contribution in [-0.4, -0.2) is 80.0 Å². The first kappa shape index (κ1) is 37.2. The lowest BCUT2D eigenvalue weighted by molar-refractivity contribution is -0.156. The zero-order chi connectivity index (χ0) is 35.8. The van der Waals surface area contributed by atoms with Crippen molar-refractivity contribution in [3.63, 3.8) is 0 Å². The van der Waals surface area contributed by atoms with Crippen molar-refractivity contribution in [1.29, 1.82) is 0 Å². The van der Waals surface area contributed by atoms with E-state index in [1.807, 2.05) is 25.0 Å². The van der Waals surface area contributed by atoms with Crippen LogP contribution in [0.4, 0.5) is 4.79 Å². The molecule has 262 valence electrons. The molecule has 1 aliphatic rings. The molecule has 3 aromatic rings. The second-order valence-corrected chi connectivity index (χ2v) is 20.1. The second kappa shape index (κ2) is 14.1. The Morgan fingerprint density at radius 1 is 1.10 bits per heavy atom. The molecule has 1 amide bonds. The number of amides is 1. The van der Waals surface area contributed by atoms with Gasteiger partial charge in [0, 0.05) is 35.7 Å². The number of likely N-dealkylation sites (tertiary alicyclic amines) is 1. The van der Waals surface area contributed by atoms with Crippen LogP contribution in [0.1, 0.15) is 59.4 Å². The van der Waals surface area contributed by atoms with Crippen LogP contribution in [0.25, 0.3) is 22.3 Å². The first-order valence-electron chi connectivity index (χ1n) is 16.0. The van der Waals surface area contributed by atoms with Crippen molar-refractivity contribution in [3.05, 3.63) is 57.2 Å². The van der Waals surface area contributed by atoms with Crippen LogP contribution in [0, 0.1) is 0 Å². The number of carbonyl (C=O) groups excluding carboxylic acids is 2. The molecule has 0 radical (unpaired) electrons. The van der Waals surface area contributed by atoms with Gasteiger partial charge in [-0.1, -0.05) is 44.5 Å². The molecule has 4 rings (SSSR count). The van der Waals surface area contributed by atoms with E-state index in [0.717, 1.165) is 6.07 Å². The number of alkyl carbamates (subject to hydrolysis) is 1. The van der Waals surface area contributed by atoms with Gasteiger partial charge in [-0.05, 0) is 71.0 Å². The molecule has 2 aromatic carbocycles. The quantitative estimate of drug-likeness (QED) is 0.170. The van der Waals surface area contributed by atoms with Crippen molar-refractivity contribution in [2.75, 3.05) is 26.7 Å². The van der Waals surface area contributed by atoms with Gasteiger partial charge in [0.1, 0.15) is 39.9 Å². The van der Waals surface area contributed by atoms with E-state index in [9.17, 15) is 24.6 Å². The van der Waals surface area contributed by atoms with Gasteiger partial charge in [-0.25, -0.2) is 9.59 Å². The number of rotatable bonds is 8. The number of likely N-dealkylation sites (N-methyl/N-ethyl adjacent to an activating group) is 1. The molecular formula is C35H47ClN2O9Si. The third-order valence-electron chi connectivity index (χ3n) is 8.93. The Morgan fingerprint density at radius 2 is 1.77 bits per heavy atom. The van der Waals surface area contributed by atoms with Crippen molar-refractivity contribution < 1.29 is 38.1 Å². The molecule has 13 heteroatoms. The monoisotopic (exact) mass is 702 g/mol. The van der Waals surface area contributed by atoms with Gasteiger partial charge in [-0.2, -0.15) is 0 Å². The second-order valence-electron chi connectivity index (χ2n) is 14.9. The number of hydrogen-bond acceptors (Lipinski definition) is 10. The van der Waals surface area contributed by atoms with Crippen LogP contribution in [-0.2, 0) is 18.7 Å². The lowest BCUT2D eigenvalue weighted by atomic mass is 9.85. The van der Waals surface area contributed by atoms with Crippen LogP contribution in [0.5, 0.6) is 11.5 Å². The highest BCUT2D eigenvalue weighted by Gasteiger charge is 2.41. The maximum absolute atomic E-state index is 13.9. The minimum Gasteiger partial charge on any atom is -0.507 e. The van der Waals surface area contributed by atoms with Gasteiger partial charge in [0.25, 0.3) is 0 Å². The third-order valence-corrected chi connectivity index (χ3v) is 13.8. The SMILES string of the molecule is CN1CCC(c2c(O)cc(O)c3c(=O)cc(-c4ccccc4Cl)oc23)C(OC(=O)[C@H](CO[Si](C)(C)C(C)(C)C)NC(=O)OC(C)(C)C)C1. The number of esters is 1. The molecule has 3 N–H and O–H groups in total. The van der Waals surface area contributed by atoms with Gasteiger partial charge in [0.2, 0.25) is 0 Å². The lowest BCUT2D eigenvalue weighted by Crippen LogP contribution is -2.52. The molecule has 0 spiro atoms. The Labute approximate surface area is 287 Å². The Balaban J connectivity index is 1.75. The number of piperidine rings is 1. The van der Waals surface area contributed by atoms with Crippen molar-refractivity contribution in [2.24, 2.45) is 0 Å². The number of aromatic hydroxyl groups is 2. The Kier molecular flexibility index (Phi) is 10.9. The van der Waals surface area contributed by atoms with Gasteiger partial charge in [-0.15, -0.1) is 0 Å². The lowest BCUT2D eigenvalue weighted by Gasteiger charge is -2.38. The minimum absolute atomic E-state index is 0.0322. The molecule has 3 atom stereocenters. The van der Waals surface area contributed by atoms with Crippen molar-refractivity contribution >= 4 is 43.0 Å². The number of phenols is 2. The summed E-state index contributed by atoms with van der Waals surface area (Å²) in [5.41, 5.74) is -0.698. The molecule has 1 fully saturated rings. The molecule has 48 heavy (non-hydrogen) atoms. The largest absolute Gasteiger partial charge is 0.507 e. The molecule has 1 aliphatic heterocycles. The van der Waals surface area contributed by atoms with Crippen molar-refractivity contribution in [1.82, 2.24) is 10.2 Å². The van der Waals surface area contributed by atoms with E-state index in [1.165, 1.54) is 6.07 Å². The van der Waals surface area contributed by atoms with E-state index in [4.69, 9.17) is 29.9 Å². The summed E-state index contributed by atoms with van der Waals surface area (Å²) in [6.07, 6.45) is -1.23. The van der Waals surface area contributed by atoms with E-state index in [1.54, 1.807) is 45.0 Å². The summed E-state index contributed by atoms with van der Waals surface area (Å²) in [4.78, 5) is 42.1. The summed E-state index contributed by atoms with van der Waals surface area (Å²) in [7, 11) is -0.470. The van der Waals surface area contributed by atoms with Gasteiger partial charge < -0.3 is 38.7 Å². The molecule has 1 saturated heterocycles. The van der Waals surface area contributed by atoms with Crippen LogP contribution in [0.3, 0.4) is 0 Å². The Bertz CT molecular complexity index is 1730. The molecule has 0 aliphatic carbocycles. The van der Waals surface area contributed by atoms with E-state index in [-0.39, 0.29) is 46.2 Å². The van der Waals surface area contributed by atoms with Crippen LogP contribution in [0.15, 0.2) is 45.6 Å². The summed E-state index contributed by atoms with van der Waals surface area (Å²) in [6, 6.07) is 7.98. The van der Waals surface area contributed by atoms with E-state index < -0.39 is 55.2 Å². The number of halogens is 1. The number of benzene rings is 2. The summed E-state index contributed by atoms with van der Waals surface area (Å²) < 4.78 is 24.1. The number of carbonyl (C=O) groups is 2. The fraction of sp³-hybridized carbons (Fsp3) is 0.514. The Hall–Kier alpha value is -3.58. The fourth-order valence-corrected chi connectivity index (χ4v) is 6.60. The molecule has 0 bridgehead atoms. The number of fused-ring (bicyclic) bond motifs is 1. The predicted octanol–water partition coefficient (Wildman–Crippen LogP) is 6.77. The van der Waals surface area contributed by atoms with Crippen molar-refractivity contribution in [2.45, 2.75) is 89.8 Å². The number of ether oxygens (including phenoxy) is 2. The maximum Gasteiger partial charge on any atom is 0.408 e. The summed E-state index contributed by atoms with van der Waals surface area (Å²) in [5.74, 6) is -2.02. The summed E-state index contributed by atoms with van der Waals surface area (Å²) >= 11 is 6.42. The topological polar surface area (TPSA) is 148 Å². The molecule has 0 saturated carbocycles. The van der Waals surface area contributed by atoms with E-state index in [2.05, 4.69) is 26.1 Å². The summed E-state index contributed by atoms with van der Waals surface area (Å²) in [6.45, 7) is 16.2. The van der Waals surface area contributed by atoms with Crippen LogP contribution >= 0.6 is 11.6 Å². The number of phenolic OH excluding ortho intramolecular Hbond substituents is 2. The van der Waals surface area contributed by atoms with Crippen LogP contribution in [0.2, 0.25) is 23.2 Å². The standard InChI is InChI=1S/C35H47ClN2O9Si/c1-34(2,3)47-33(43)37-23(19-44-48(8,9)35(4,5)6)32(42)46-28-18-38(7)15-14-21(28)29-24(39)16-25(40)30-26(41)17-27(45-31(29)30)20-12-10-11-13-22(20)36/h10-13,16-17,21,23,28,39-40H,14-15,18-19H2,1-9H3,(H,37,43)/t21?,23-,28?/m0/s1. The normalized spacial score (nSPS) is 18.4. The predicted molar refractivity (Wildman–Crippen MR) is 187 cm³/mol. The van der Waals surface area contributed by atoms with Gasteiger partial charge >= 0.3 is 12.1 Å². The van der Waals surface area contributed by atoms with E-state index in [0.29, 0.717) is 23.6 Å². The molecule has 2 heterocycles. The van der Waals surface area contributed by atoms with E-state index >= 15 is 0 Å². The number of nitrogens with one attached hydrogen (secondary N) is 1. The number of nitrogens with zero attached hydrogens (tertiary/aromatic N) is 1. The first-order valence-corrected chi connectivity index (χ1v) is 19.3. The van der Waals surface area contributed by atoms with Gasteiger partial charge in [0.15, 0.2) is 19.8 Å². The average molecular weight is 703 g/mol. The van der Waals surface area contributed by atoms with Gasteiger partial charge in [0.05, 0.1) is 11.6 Å². The third kappa shape index (κ3) is 8.52. The van der Waals surface area contributed by atoms with Crippen molar-refractivity contribution in [3.8, 4) is 22.8 Å². The van der Waals surface area contributed by atoms with Crippen LogP contribution < -0.4 is 10.7 Å².